The van der Waals surface area contributed by atoms with Crippen molar-refractivity contribution < 1.29 is 4.42 Å². The molecule has 3 aromatic heterocycles. The normalized spacial score (nSPS) is 13.1. The van der Waals surface area contributed by atoms with Gasteiger partial charge < -0.3 is 4.42 Å². The van der Waals surface area contributed by atoms with Crippen LogP contribution in [-0.2, 0) is 5.41 Å². The van der Waals surface area contributed by atoms with E-state index in [9.17, 15) is 0 Å². The molecule has 0 atom stereocenters. The summed E-state index contributed by atoms with van der Waals surface area (Å²) in [5.41, 5.74) is 14.5. The number of benzene rings is 8. The quantitative estimate of drug-likeness (QED) is 0.175. The van der Waals surface area contributed by atoms with Crippen molar-refractivity contribution in [1.82, 2.24) is 15.0 Å². The van der Waals surface area contributed by atoms with Gasteiger partial charge in [-0.25, -0.2) is 15.0 Å². The van der Waals surface area contributed by atoms with Crippen molar-refractivity contribution in [2.75, 3.05) is 0 Å². The summed E-state index contributed by atoms with van der Waals surface area (Å²) in [6.45, 7) is 4.70. The Bertz CT molecular complexity index is 3490. The minimum Gasteiger partial charge on any atom is -0.456 e. The Morgan fingerprint density at radius 1 is 0.407 bits per heavy atom. The van der Waals surface area contributed by atoms with Gasteiger partial charge in [-0.3, -0.25) is 0 Å². The highest BCUT2D eigenvalue weighted by Gasteiger charge is 2.37. The smallest absolute Gasteiger partial charge is 0.164 e. The molecule has 0 saturated heterocycles. The van der Waals surface area contributed by atoms with Gasteiger partial charge in [0.25, 0.3) is 0 Å². The van der Waals surface area contributed by atoms with E-state index in [2.05, 4.69) is 159 Å². The first-order chi connectivity index (χ1) is 29.0. The van der Waals surface area contributed by atoms with E-state index in [1.807, 2.05) is 30.3 Å². The molecule has 278 valence electrons. The molecule has 4 nitrogen and oxygen atoms in total. The fraction of sp³-hybridized carbons (Fsp3) is 0.0556. The summed E-state index contributed by atoms with van der Waals surface area (Å²) in [4.78, 5) is 15.6. The average Bonchev–Trinajstić information content (AvgIpc) is 3.94. The van der Waals surface area contributed by atoms with Crippen molar-refractivity contribution in [3.63, 3.8) is 0 Å². The molecule has 0 bridgehead atoms. The minimum atomic E-state index is -0.108. The summed E-state index contributed by atoms with van der Waals surface area (Å²) >= 11 is 1.79. The van der Waals surface area contributed by atoms with Crippen LogP contribution in [0.15, 0.2) is 180 Å². The molecule has 1 aliphatic rings. The summed E-state index contributed by atoms with van der Waals surface area (Å²) in [6.07, 6.45) is 0. The molecule has 0 N–H and O–H groups in total. The second-order valence-corrected chi connectivity index (χ2v) is 17.0. The van der Waals surface area contributed by atoms with Crippen LogP contribution >= 0.6 is 11.3 Å². The maximum absolute atomic E-state index is 6.56. The third kappa shape index (κ3) is 5.25. The van der Waals surface area contributed by atoms with Gasteiger partial charge in [-0.05, 0) is 80.9 Å². The lowest BCUT2D eigenvalue weighted by molar-refractivity contribution is 0.662. The number of hydrogen-bond donors (Lipinski definition) is 0. The molecule has 3 heterocycles. The van der Waals surface area contributed by atoms with Crippen LogP contribution in [0.5, 0.6) is 0 Å². The van der Waals surface area contributed by atoms with Crippen LogP contribution in [0.4, 0.5) is 0 Å². The van der Waals surface area contributed by atoms with E-state index in [1.165, 1.54) is 48.2 Å². The molecule has 0 aliphatic heterocycles. The second kappa shape index (κ2) is 12.9. The molecule has 0 amide bonds. The number of rotatable bonds is 5. The summed E-state index contributed by atoms with van der Waals surface area (Å²) in [5, 5.41) is 4.37. The van der Waals surface area contributed by atoms with Gasteiger partial charge >= 0.3 is 0 Å². The molecule has 0 fully saturated rings. The third-order valence-electron chi connectivity index (χ3n) is 12.1. The molecular weight excluding hydrogens is 739 g/mol. The minimum absolute atomic E-state index is 0.108. The predicted octanol–water partition coefficient (Wildman–Crippen LogP) is 14.8. The Hall–Kier alpha value is -7.21. The predicted molar refractivity (Wildman–Crippen MR) is 245 cm³/mol. The van der Waals surface area contributed by atoms with Gasteiger partial charge in [-0.1, -0.05) is 153 Å². The molecule has 5 heteroatoms. The van der Waals surface area contributed by atoms with Crippen LogP contribution in [0.1, 0.15) is 25.0 Å². The average molecular weight is 774 g/mol. The molecule has 1 aliphatic carbocycles. The fourth-order valence-corrected chi connectivity index (χ4v) is 10.6. The summed E-state index contributed by atoms with van der Waals surface area (Å²) in [5.74, 6) is 1.87. The number of nitrogens with zero attached hydrogens (tertiary/aromatic N) is 3. The number of hydrogen-bond acceptors (Lipinski definition) is 5. The number of aromatic nitrogens is 3. The molecule has 12 rings (SSSR count). The van der Waals surface area contributed by atoms with Gasteiger partial charge in [0.05, 0.1) is 0 Å². The zero-order chi connectivity index (χ0) is 39.2. The molecule has 0 spiro atoms. The maximum Gasteiger partial charge on any atom is 0.164 e. The first kappa shape index (κ1) is 33.9. The Morgan fingerprint density at radius 2 is 1.02 bits per heavy atom. The molecule has 0 unspecified atom stereocenters. The molecule has 0 saturated carbocycles. The van der Waals surface area contributed by atoms with Crippen molar-refractivity contribution in [2.24, 2.45) is 0 Å². The van der Waals surface area contributed by atoms with Gasteiger partial charge in [0.1, 0.15) is 11.2 Å². The monoisotopic (exact) mass is 773 g/mol. The highest BCUT2D eigenvalue weighted by atomic mass is 32.1. The maximum atomic E-state index is 6.56. The number of thiophene rings is 1. The van der Waals surface area contributed by atoms with E-state index in [0.29, 0.717) is 17.5 Å². The zero-order valence-corrected chi connectivity index (χ0v) is 33.2. The topological polar surface area (TPSA) is 51.8 Å². The van der Waals surface area contributed by atoms with Gasteiger partial charge in [0.15, 0.2) is 17.5 Å². The SMILES string of the molecule is CC1(C)c2ccccc2-c2cccc(-c3cccc(-c4ccc5oc6cccc(-c7nc(-c8ccccc8)nc(-c8cccc9sc%10ccccc%10c89)n7)c6c5c4)c3)c21. The van der Waals surface area contributed by atoms with Gasteiger partial charge in [-0.15, -0.1) is 11.3 Å². The van der Waals surface area contributed by atoms with E-state index < -0.39 is 0 Å². The lowest BCUT2D eigenvalue weighted by atomic mass is 9.78. The van der Waals surface area contributed by atoms with Crippen LogP contribution in [-0.4, -0.2) is 15.0 Å². The highest BCUT2D eigenvalue weighted by Crippen LogP contribution is 2.52. The third-order valence-corrected chi connectivity index (χ3v) is 13.3. The van der Waals surface area contributed by atoms with E-state index in [0.717, 1.165) is 55.1 Å². The Balaban J connectivity index is 1.03. The van der Waals surface area contributed by atoms with Crippen LogP contribution in [0.25, 0.3) is 110 Å². The summed E-state index contributed by atoms with van der Waals surface area (Å²) in [6, 6.07) is 62.4. The van der Waals surface area contributed by atoms with E-state index >= 15 is 0 Å². The lowest BCUT2D eigenvalue weighted by Gasteiger charge is -2.24. The van der Waals surface area contributed by atoms with E-state index in [4.69, 9.17) is 19.4 Å². The largest absolute Gasteiger partial charge is 0.456 e. The van der Waals surface area contributed by atoms with Gasteiger partial charge in [0, 0.05) is 53.1 Å². The van der Waals surface area contributed by atoms with Crippen molar-refractivity contribution in [1.29, 1.82) is 0 Å². The Labute approximate surface area is 345 Å². The summed E-state index contributed by atoms with van der Waals surface area (Å²) in [7, 11) is 0. The van der Waals surface area contributed by atoms with E-state index in [1.54, 1.807) is 11.3 Å². The number of furan rings is 1. The van der Waals surface area contributed by atoms with Crippen LogP contribution < -0.4 is 0 Å². The Morgan fingerprint density at radius 3 is 1.90 bits per heavy atom. The lowest BCUT2D eigenvalue weighted by Crippen LogP contribution is -2.16. The fourth-order valence-electron chi connectivity index (χ4n) is 9.44. The van der Waals surface area contributed by atoms with Crippen LogP contribution in [0.3, 0.4) is 0 Å². The molecule has 59 heavy (non-hydrogen) atoms. The molecule has 8 aromatic carbocycles. The second-order valence-electron chi connectivity index (χ2n) is 15.9. The summed E-state index contributed by atoms with van der Waals surface area (Å²) < 4.78 is 9.00. The van der Waals surface area contributed by atoms with Crippen molar-refractivity contribution in [3.8, 4) is 67.5 Å². The van der Waals surface area contributed by atoms with E-state index in [-0.39, 0.29) is 5.41 Å². The van der Waals surface area contributed by atoms with Crippen molar-refractivity contribution >= 4 is 53.4 Å². The standard InChI is InChI=1S/C54H35N3OS/c1-54(2)43-24-8-6-18-37(43)38-21-11-20-36(50(38)54)35-17-10-16-33(30-35)34-28-29-44-42(31-34)48-40(22-12-25-45(48)58-44)52-55-51(32-14-4-3-5-15-32)56-53(57-52)41-23-13-27-47-49(41)39-19-7-9-26-46(39)59-47/h3-31H,1-2H3. The molecule has 0 radical (unpaired) electrons. The molecule has 11 aromatic rings. The highest BCUT2D eigenvalue weighted by molar-refractivity contribution is 7.25. The molecular formula is C54H35N3OS. The van der Waals surface area contributed by atoms with Crippen LogP contribution in [0, 0.1) is 0 Å². The van der Waals surface area contributed by atoms with Crippen LogP contribution in [0.2, 0.25) is 0 Å². The van der Waals surface area contributed by atoms with Gasteiger partial charge in [-0.2, -0.15) is 0 Å². The zero-order valence-electron chi connectivity index (χ0n) is 32.4. The van der Waals surface area contributed by atoms with Crippen molar-refractivity contribution in [3.05, 3.63) is 187 Å². The Kier molecular flexibility index (Phi) is 7.41. The first-order valence-corrected chi connectivity index (χ1v) is 20.8. The number of fused-ring (bicyclic) bond motifs is 9. The van der Waals surface area contributed by atoms with Gasteiger partial charge in [0.2, 0.25) is 0 Å². The first-order valence-electron chi connectivity index (χ1n) is 20.0. The van der Waals surface area contributed by atoms with Crippen molar-refractivity contribution in [2.45, 2.75) is 19.3 Å².